The van der Waals surface area contributed by atoms with Crippen LogP contribution in [0.15, 0.2) is 6.33 Å². The first-order valence-corrected chi connectivity index (χ1v) is 5.27. The molecule has 0 bridgehead atoms. The van der Waals surface area contributed by atoms with Gasteiger partial charge in [0.2, 0.25) is 5.95 Å². The number of piperazine rings is 1. The number of nitrogens with two attached hydrogens (primary N) is 1. The molecular weight excluding hydrogens is 242 g/mol. The molecule has 1 aliphatic heterocycles. The molecule has 0 aliphatic carbocycles. The number of hydrogen-bond acceptors (Lipinski definition) is 6. The second kappa shape index (κ2) is 4.72. The molecule has 7 nitrogen and oxygen atoms in total. The first-order valence-electron chi connectivity index (χ1n) is 5.27. The highest BCUT2D eigenvalue weighted by Gasteiger charge is 2.17. The van der Waals surface area contributed by atoms with Crippen molar-refractivity contribution in [2.24, 2.45) is 0 Å². The number of anilines is 2. The van der Waals surface area contributed by atoms with Crippen molar-refractivity contribution >= 4 is 35.3 Å². The molecular formula is C9H14ClN7. The lowest BCUT2D eigenvalue weighted by atomic mass is 10.3. The van der Waals surface area contributed by atoms with E-state index in [0.29, 0.717) is 5.65 Å². The second-order valence-electron chi connectivity index (χ2n) is 3.74. The van der Waals surface area contributed by atoms with Crippen molar-refractivity contribution in [3.63, 3.8) is 0 Å². The van der Waals surface area contributed by atoms with Gasteiger partial charge in [0.25, 0.3) is 0 Å². The van der Waals surface area contributed by atoms with Crippen LogP contribution in [0, 0.1) is 0 Å². The van der Waals surface area contributed by atoms with E-state index in [0.717, 1.165) is 37.5 Å². The Morgan fingerprint density at radius 2 is 2.00 bits per heavy atom. The molecule has 8 heteroatoms. The summed E-state index contributed by atoms with van der Waals surface area (Å²) in [5.74, 6) is 1.12. The molecule has 0 saturated carbocycles. The summed E-state index contributed by atoms with van der Waals surface area (Å²) in [6.07, 6.45) is 1.62. The molecule has 0 unspecified atom stereocenters. The number of imidazole rings is 1. The molecule has 92 valence electrons. The van der Waals surface area contributed by atoms with E-state index in [4.69, 9.17) is 5.73 Å². The van der Waals surface area contributed by atoms with Crippen LogP contribution in [0.25, 0.3) is 11.2 Å². The summed E-state index contributed by atoms with van der Waals surface area (Å²) in [6, 6.07) is 0. The Labute approximate surface area is 104 Å². The molecule has 4 N–H and O–H groups in total. The van der Waals surface area contributed by atoms with Crippen molar-refractivity contribution in [3.05, 3.63) is 6.33 Å². The number of nitrogens with one attached hydrogen (secondary N) is 2. The van der Waals surface area contributed by atoms with Gasteiger partial charge in [0.05, 0.1) is 6.33 Å². The smallest absolute Gasteiger partial charge is 0.224 e. The lowest BCUT2D eigenvalue weighted by Gasteiger charge is -2.28. The van der Waals surface area contributed by atoms with E-state index >= 15 is 0 Å². The average Bonchev–Trinajstić information content (AvgIpc) is 2.77. The van der Waals surface area contributed by atoms with Crippen LogP contribution >= 0.6 is 12.4 Å². The fourth-order valence-corrected chi connectivity index (χ4v) is 1.94. The number of rotatable bonds is 1. The zero-order chi connectivity index (χ0) is 11.0. The normalized spacial score (nSPS) is 15.9. The van der Waals surface area contributed by atoms with E-state index in [1.165, 1.54) is 0 Å². The Bertz CT molecular complexity index is 505. The van der Waals surface area contributed by atoms with Crippen LogP contribution in [0.5, 0.6) is 0 Å². The van der Waals surface area contributed by atoms with E-state index in [1.807, 2.05) is 0 Å². The average molecular weight is 256 g/mol. The molecule has 1 saturated heterocycles. The molecule has 17 heavy (non-hydrogen) atoms. The number of aromatic amines is 1. The maximum atomic E-state index is 5.67. The van der Waals surface area contributed by atoms with Crippen molar-refractivity contribution in [2.45, 2.75) is 0 Å². The maximum absolute atomic E-state index is 5.67. The predicted molar refractivity (Wildman–Crippen MR) is 68.4 cm³/mol. The van der Waals surface area contributed by atoms with Crippen molar-refractivity contribution < 1.29 is 0 Å². The lowest BCUT2D eigenvalue weighted by molar-refractivity contribution is 0.586. The van der Waals surface area contributed by atoms with Crippen molar-refractivity contribution in [1.29, 1.82) is 0 Å². The monoisotopic (exact) mass is 255 g/mol. The summed E-state index contributed by atoms with van der Waals surface area (Å²) in [6.45, 7) is 3.76. The minimum Gasteiger partial charge on any atom is -0.368 e. The van der Waals surface area contributed by atoms with Gasteiger partial charge in [-0.05, 0) is 0 Å². The molecule has 1 aliphatic rings. The minimum absolute atomic E-state index is 0. The molecule has 1 fully saturated rings. The fraction of sp³-hybridized carbons (Fsp3) is 0.444. The van der Waals surface area contributed by atoms with Crippen LogP contribution in [0.2, 0.25) is 0 Å². The largest absolute Gasteiger partial charge is 0.368 e. The number of H-pyrrole nitrogens is 1. The molecule has 0 amide bonds. The Morgan fingerprint density at radius 3 is 2.76 bits per heavy atom. The zero-order valence-corrected chi connectivity index (χ0v) is 10.00. The van der Waals surface area contributed by atoms with Gasteiger partial charge in [-0.3, -0.25) is 0 Å². The fourth-order valence-electron chi connectivity index (χ4n) is 1.94. The van der Waals surface area contributed by atoms with Crippen molar-refractivity contribution in [1.82, 2.24) is 25.3 Å². The highest BCUT2D eigenvalue weighted by molar-refractivity contribution is 5.85. The number of halogens is 1. The molecule has 2 aromatic rings. The Kier molecular flexibility index (Phi) is 3.30. The van der Waals surface area contributed by atoms with E-state index < -0.39 is 0 Å². The summed E-state index contributed by atoms with van der Waals surface area (Å²) < 4.78 is 0. The van der Waals surface area contributed by atoms with Gasteiger partial charge in [0, 0.05) is 26.2 Å². The molecule has 0 spiro atoms. The van der Waals surface area contributed by atoms with Crippen molar-refractivity contribution in [3.8, 4) is 0 Å². The third-order valence-electron chi connectivity index (χ3n) is 2.70. The van der Waals surface area contributed by atoms with Crippen LogP contribution in [-0.2, 0) is 0 Å². The molecule has 0 aromatic carbocycles. The summed E-state index contributed by atoms with van der Waals surface area (Å²) in [5, 5.41) is 3.30. The van der Waals surface area contributed by atoms with Crippen LogP contribution in [0.3, 0.4) is 0 Å². The Balaban J connectivity index is 0.00000108. The third-order valence-corrected chi connectivity index (χ3v) is 2.70. The van der Waals surface area contributed by atoms with E-state index in [9.17, 15) is 0 Å². The second-order valence-corrected chi connectivity index (χ2v) is 3.74. The van der Waals surface area contributed by atoms with Crippen LogP contribution < -0.4 is 16.0 Å². The highest BCUT2D eigenvalue weighted by Crippen LogP contribution is 2.21. The Morgan fingerprint density at radius 1 is 1.24 bits per heavy atom. The van der Waals surface area contributed by atoms with E-state index in [2.05, 4.69) is 30.2 Å². The number of fused-ring (bicyclic) bond motifs is 1. The van der Waals surface area contributed by atoms with Gasteiger partial charge in [-0.25, -0.2) is 4.98 Å². The van der Waals surface area contributed by atoms with Gasteiger partial charge < -0.3 is 20.9 Å². The van der Waals surface area contributed by atoms with E-state index in [1.54, 1.807) is 6.33 Å². The molecule has 3 rings (SSSR count). The summed E-state index contributed by atoms with van der Waals surface area (Å²) in [7, 11) is 0. The molecule has 2 aromatic heterocycles. The molecule has 0 radical (unpaired) electrons. The first-order chi connectivity index (χ1) is 7.84. The van der Waals surface area contributed by atoms with Crippen LogP contribution in [0.4, 0.5) is 11.8 Å². The van der Waals surface area contributed by atoms with Gasteiger partial charge in [-0.1, -0.05) is 0 Å². The van der Waals surface area contributed by atoms with E-state index in [-0.39, 0.29) is 18.4 Å². The van der Waals surface area contributed by atoms with Crippen molar-refractivity contribution in [2.75, 3.05) is 36.8 Å². The maximum Gasteiger partial charge on any atom is 0.224 e. The zero-order valence-electron chi connectivity index (χ0n) is 9.18. The van der Waals surface area contributed by atoms with Gasteiger partial charge in [-0.2, -0.15) is 9.97 Å². The number of nitrogens with zero attached hydrogens (tertiary/aromatic N) is 4. The topological polar surface area (TPSA) is 95.8 Å². The van der Waals surface area contributed by atoms with Gasteiger partial charge >= 0.3 is 0 Å². The summed E-state index contributed by atoms with van der Waals surface area (Å²) in [5.41, 5.74) is 7.16. The standard InChI is InChI=1S/C9H13N7.ClH/c10-9-14-7-6(12-5-13-7)8(15-9)16-3-1-11-2-4-16;/h5,11H,1-4H2,(H3,10,12,13,14,15);1H. The van der Waals surface area contributed by atoms with Gasteiger partial charge in [-0.15, -0.1) is 12.4 Å². The highest BCUT2D eigenvalue weighted by atomic mass is 35.5. The lowest BCUT2D eigenvalue weighted by Crippen LogP contribution is -2.44. The number of nitrogen functional groups attached to an aromatic ring is 1. The summed E-state index contributed by atoms with van der Waals surface area (Å²) in [4.78, 5) is 17.7. The van der Waals surface area contributed by atoms with Gasteiger partial charge in [0.1, 0.15) is 5.52 Å². The third kappa shape index (κ3) is 2.11. The Hall–Kier alpha value is -1.60. The van der Waals surface area contributed by atoms with Crippen LogP contribution in [-0.4, -0.2) is 46.1 Å². The molecule has 0 atom stereocenters. The SMILES string of the molecule is Cl.Nc1nc(N2CCNCC2)c2[nH]cnc2n1. The quantitative estimate of drug-likeness (QED) is 0.651. The van der Waals surface area contributed by atoms with Crippen LogP contribution in [0.1, 0.15) is 0 Å². The predicted octanol–water partition coefficient (Wildman–Crippen LogP) is -0.234. The van der Waals surface area contributed by atoms with Gasteiger partial charge in [0.15, 0.2) is 11.5 Å². The summed E-state index contributed by atoms with van der Waals surface area (Å²) >= 11 is 0. The first kappa shape index (κ1) is 11.9. The minimum atomic E-state index is 0. The number of aromatic nitrogens is 4. The number of hydrogen-bond donors (Lipinski definition) is 3. The molecule has 3 heterocycles.